The molecule has 0 aliphatic carbocycles. The molecule has 2 aromatic carbocycles. The topological polar surface area (TPSA) is 104 Å². The SMILES string of the molecule is C=CC(=O)N1CCC(=NC(=O)c2sc3nccc4c3c2NC(=O)N4c2ccc(Oc3ccccc3)cc2C)C1. The number of aliphatic imine (C=N–C) groups is 1. The summed E-state index contributed by atoms with van der Waals surface area (Å²) in [6.07, 6.45) is 3.39. The summed E-state index contributed by atoms with van der Waals surface area (Å²) in [7, 11) is 0. The highest BCUT2D eigenvalue weighted by Crippen LogP contribution is 2.46. The van der Waals surface area contributed by atoms with Crippen molar-refractivity contribution in [2.45, 2.75) is 13.3 Å². The minimum Gasteiger partial charge on any atom is -0.457 e. The number of hydrogen-bond donors (Lipinski definition) is 1. The zero-order valence-corrected chi connectivity index (χ0v) is 21.8. The Morgan fingerprint density at radius 2 is 1.95 bits per heavy atom. The first-order valence-electron chi connectivity index (χ1n) is 12.3. The monoisotopic (exact) mass is 537 g/mol. The Bertz CT molecular complexity index is 1690. The van der Waals surface area contributed by atoms with E-state index in [1.165, 1.54) is 17.4 Å². The molecule has 194 valence electrons. The molecule has 1 saturated heterocycles. The number of benzene rings is 2. The Labute approximate surface area is 228 Å². The molecule has 0 unspecified atom stereocenters. The van der Waals surface area contributed by atoms with E-state index in [9.17, 15) is 14.4 Å². The first-order chi connectivity index (χ1) is 18.9. The van der Waals surface area contributed by atoms with Gasteiger partial charge in [0.05, 0.1) is 29.0 Å². The van der Waals surface area contributed by atoms with Crippen LogP contribution in [0, 0.1) is 6.92 Å². The Hall–Kier alpha value is -4.83. The van der Waals surface area contributed by atoms with Crippen molar-refractivity contribution in [1.29, 1.82) is 0 Å². The fraction of sp³-hybridized carbons (Fsp3) is 0.138. The third-order valence-electron chi connectivity index (χ3n) is 6.62. The number of hydrogen-bond acceptors (Lipinski definition) is 6. The van der Waals surface area contributed by atoms with Crippen molar-refractivity contribution in [2.24, 2.45) is 4.99 Å². The lowest BCUT2D eigenvalue weighted by Crippen LogP contribution is -2.34. The number of urea groups is 1. The molecule has 4 aromatic rings. The molecule has 0 atom stereocenters. The fourth-order valence-electron chi connectivity index (χ4n) is 4.79. The smallest absolute Gasteiger partial charge is 0.331 e. The molecule has 6 rings (SSSR count). The van der Waals surface area contributed by atoms with E-state index in [2.05, 4.69) is 21.9 Å². The van der Waals surface area contributed by atoms with E-state index in [4.69, 9.17) is 4.74 Å². The van der Waals surface area contributed by atoms with Gasteiger partial charge >= 0.3 is 6.03 Å². The molecule has 4 heterocycles. The van der Waals surface area contributed by atoms with Crippen LogP contribution < -0.4 is 15.0 Å². The third-order valence-corrected chi connectivity index (χ3v) is 7.70. The van der Waals surface area contributed by atoms with E-state index in [-0.39, 0.29) is 12.5 Å². The zero-order valence-electron chi connectivity index (χ0n) is 21.0. The quantitative estimate of drug-likeness (QED) is 0.311. The number of rotatable bonds is 5. The predicted molar refractivity (Wildman–Crippen MR) is 152 cm³/mol. The molecule has 0 saturated carbocycles. The first kappa shape index (κ1) is 24.5. The number of ether oxygens (including phenoxy) is 1. The number of amides is 4. The highest BCUT2D eigenvalue weighted by Gasteiger charge is 2.33. The second-order valence-electron chi connectivity index (χ2n) is 9.14. The molecule has 0 radical (unpaired) electrons. The first-order valence-corrected chi connectivity index (χ1v) is 13.1. The van der Waals surface area contributed by atoms with E-state index >= 15 is 0 Å². The van der Waals surface area contributed by atoms with Gasteiger partial charge in [0, 0.05) is 24.9 Å². The summed E-state index contributed by atoms with van der Waals surface area (Å²) in [4.78, 5) is 51.4. The van der Waals surface area contributed by atoms with Crippen molar-refractivity contribution >= 4 is 62.2 Å². The standard InChI is InChI=1S/C29H23N5O4S/c1-3-23(35)33-14-12-18(16-33)31-27(36)26-25-24-22(11-13-30-28(24)39-26)34(29(37)32-25)21-10-9-20(15-17(21)2)38-19-7-5-4-6-8-19/h3-11,13,15H,1,12,14,16H2,2H3,(H,32,37). The Balaban J connectivity index is 1.33. The molecule has 10 heteroatoms. The molecule has 2 aliphatic rings. The summed E-state index contributed by atoms with van der Waals surface area (Å²) in [5.41, 5.74) is 3.18. The van der Waals surface area contributed by atoms with Gasteiger partial charge < -0.3 is 15.0 Å². The maximum Gasteiger partial charge on any atom is 0.331 e. The molecule has 9 nitrogen and oxygen atoms in total. The third kappa shape index (κ3) is 4.44. The van der Waals surface area contributed by atoms with Crippen LogP contribution in [0.1, 0.15) is 21.7 Å². The van der Waals surface area contributed by atoms with Gasteiger partial charge in [-0.05, 0) is 55.0 Å². The van der Waals surface area contributed by atoms with Gasteiger partial charge in [-0.1, -0.05) is 24.8 Å². The molecule has 2 aromatic heterocycles. The summed E-state index contributed by atoms with van der Waals surface area (Å²) >= 11 is 1.19. The number of para-hydroxylation sites is 1. The predicted octanol–water partition coefficient (Wildman–Crippen LogP) is 6.08. The molecule has 4 amide bonds. The van der Waals surface area contributed by atoms with Crippen LogP contribution in [0.4, 0.5) is 21.9 Å². The molecule has 1 fully saturated rings. The van der Waals surface area contributed by atoms with Crippen LogP contribution in [0.15, 0.2) is 78.4 Å². The van der Waals surface area contributed by atoms with Crippen molar-refractivity contribution in [3.63, 3.8) is 0 Å². The van der Waals surface area contributed by atoms with Crippen molar-refractivity contribution in [2.75, 3.05) is 23.3 Å². The lowest BCUT2D eigenvalue weighted by atomic mass is 10.1. The average Bonchev–Trinajstić information content (AvgIpc) is 3.55. The van der Waals surface area contributed by atoms with Crippen molar-refractivity contribution in [1.82, 2.24) is 9.88 Å². The van der Waals surface area contributed by atoms with Crippen molar-refractivity contribution in [3.8, 4) is 11.5 Å². The van der Waals surface area contributed by atoms with Gasteiger partial charge in [-0.25, -0.2) is 14.8 Å². The van der Waals surface area contributed by atoms with Gasteiger partial charge in [-0.2, -0.15) is 0 Å². The number of carbonyl (C=O) groups excluding carboxylic acids is 3. The average molecular weight is 538 g/mol. The van der Waals surface area contributed by atoms with Crippen LogP contribution in [-0.2, 0) is 4.79 Å². The number of nitrogens with one attached hydrogen (secondary N) is 1. The number of aryl methyl sites for hydroxylation is 1. The molecule has 0 bridgehead atoms. The van der Waals surface area contributed by atoms with E-state index in [1.807, 2.05) is 55.5 Å². The summed E-state index contributed by atoms with van der Waals surface area (Å²) in [6, 6.07) is 16.4. The van der Waals surface area contributed by atoms with Gasteiger partial charge in [0.15, 0.2) is 0 Å². The van der Waals surface area contributed by atoms with Crippen LogP contribution in [0.25, 0.3) is 10.2 Å². The minimum absolute atomic E-state index is 0.194. The lowest BCUT2D eigenvalue weighted by Gasteiger charge is -2.29. The summed E-state index contributed by atoms with van der Waals surface area (Å²) in [6.45, 7) is 6.19. The lowest BCUT2D eigenvalue weighted by molar-refractivity contribution is -0.124. The van der Waals surface area contributed by atoms with Gasteiger partial charge in [-0.3, -0.25) is 14.5 Å². The number of pyridine rings is 1. The van der Waals surface area contributed by atoms with Crippen LogP contribution in [0.5, 0.6) is 11.5 Å². The maximum atomic E-state index is 13.5. The van der Waals surface area contributed by atoms with Crippen LogP contribution in [-0.4, -0.2) is 46.5 Å². The van der Waals surface area contributed by atoms with Crippen LogP contribution in [0.2, 0.25) is 0 Å². The van der Waals surface area contributed by atoms with Gasteiger partial charge in [0.1, 0.15) is 21.2 Å². The Morgan fingerprint density at radius 3 is 2.72 bits per heavy atom. The molecule has 1 N–H and O–H groups in total. The van der Waals surface area contributed by atoms with Crippen LogP contribution in [0.3, 0.4) is 0 Å². The maximum absolute atomic E-state index is 13.5. The number of carbonyl (C=O) groups is 3. The molecule has 2 aliphatic heterocycles. The van der Waals surface area contributed by atoms with E-state index in [0.717, 1.165) is 11.3 Å². The van der Waals surface area contributed by atoms with Crippen molar-refractivity contribution in [3.05, 3.63) is 83.9 Å². The Kier molecular flexibility index (Phi) is 6.16. The van der Waals surface area contributed by atoms with Gasteiger partial charge in [0.25, 0.3) is 5.91 Å². The Morgan fingerprint density at radius 1 is 1.13 bits per heavy atom. The summed E-state index contributed by atoms with van der Waals surface area (Å²) in [5.74, 6) is 0.718. The molecular weight excluding hydrogens is 514 g/mol. The number of anilines is 3. The van der Waals surface area contributed by atoms with Crippen molar-refractivity contribution < 1.29 is 19.1 Å². The van der Waals surface area contributed by atoms with Gasteiger partial charge in [0.2, 0.25) is 5.91 Å². The van der Waals surface area contributed by atoms with E-state index in [0.29, 0.717) is 56.6 Å². The summed E-state index contributed by atoms with van der Waals surface area (Å²) in [5, 5.41) is 3.59. The number of thiophene rings is 1. The highest BCUT2D eigenvalue weighted by atomic mass is 32.1. The van der Waals surface area contributed by atoms with Gasteiger partial charge in [-0.15, -0.1) is 11.3 Å². The fourth-order valence-corrected chi connectivity index (χ4v) is 5.79. The molecule has 39 heavy (non-hydrogen) atoms. The highest BCUT2D eigenvalue weighted by molar-refractivity contribution is 7.21. The molecule has 0 spiro atoms. The summed E-state index contributed by atoms with van der Waals surface area (Å²) < 4.78 is 5.95. The minimum atomic E-state index is -0.464. The zero-order chi connectivity index (χ0) is 27.1. The number of likely N-dealkylation sites (tertiary alicyclic amines) is 1. The number of nitrogens with zero attached hydrogens (tertiary/aromatic N) is 4. The normalized spacial score (nSPS) is 15.5. The van der Waals surface area contributed by atoms with Crippen LogP contribution >= 0.6 is 11.3 Å². The van der Waals surface area contributed by atoms with E-state index < -0.39 is 11.9 Å². The number of aromatic nitrogens is 1. The largest absolute Gasteiger partial charge is 0.457 e. The van der Waals surface area contributed by atoms with E-state index in [1.54, 1.807) is 22.1 Å². The second-order valence-corrected chi connectivity index (χ2v) is 10.1. The molecular formula is C29H23N5O4S. The second kappa shape index (κ2) is 9.80.